The summed E-state index contributed by atoms with van der Waals surface area (Å²) in [7, 11) is 0. The van der Waals surface area contributed by atoms with Gasteiger partial charge < -0.3 is 19.7 Å². The van der Waals surface area contributed by atoms with E-state index in [1.807, 2.05) is 54.6 Å². The highest BCUT2D eigenvalue weighted by Crippen LogP contribution is 2.35. The van der Waals surface area contributed by atoms with Crippen molar-refractivity contribution in [2.45, 2.75) is 31.0 Å². The van der Waals surface area contributed by atoms with Crippen LogP contribution in [-0.4, -0.2) is 45.2 Å². The molecular formula is C23H24N2O6. The van der Waals surface area contributed by atoms with Crippen LogP contribution in [0, 0.1) is 0 Å². The molecule has 1 saturated heterocycles. The van der Waals surface area contributed by atoms with Gasteiger partial charge in [0.05, 0.1) is 25.9 Å². The molecule has 0 bridgehead atoms. The standard InChI is InChI=1S/C23H24N2O6/c26-13-20-19(27)12-23(31-20,25-11-10-21(28)24-22(25)29)15-30-14-17-8-4-5-9-18(17)16-6-2-1-3-7-16/h1-11,19-20,26-27H,12-15H2,(H,24,28,29)/t19-,20+,23-/m0/s1. The van der Waals surface area contributed by atoms with E-state index in [-0.39, 0.29) is 19.6 Å². The smallest absolute Gasteiger partial charge is 0.330 e. The third-order valence-electron chi connectivity index (χ3n) is 5.46. The zero-order valence-electron chi connectivity index (χ0n) is 16.8. The van der Waals surface area contributed by atoms with Gasteiger partial charge in [-0.15, -0.1) is 0 Å². The predicted octanol–water partition coefficient (Wildman–Crippen LogP) is 1.22. The highest BCUT2D eigenvalue weighted by Gasteiger charge is 2.48. The lowest BCUT2D eigenvalue weighted by Crippen LogP contribution is -2.47. The van der Waals surface area contributed by atoms with Crippen molar-refractivity contribution in [2.75, 3.05) is 13.2 Å². The molecule has 31 heavy (non-hydrogen) atoms. The van der Waals surface area contributed by atoms with Crippen LogP contribution in [0.4, 0.5) is 0 Å². The van der Waals surface area contributed by atoms with Crippen molar-refractivity contribution in [1.82, 2.24) is 9.55 Å². The molecule has 0 spiro atoms. The summed E-state index contributed by atoms with van der Waals surface area (Å²) in [6, 6.07) is 19.0. The molecule has 4 rings (SSSR count). The van der Waals surface area contributed by atoms with E-state index in [0.29, 0.717) is 0 Å². The number of benzene rings is 2. The van der Waals surface area contributed by atoms with Crippen LogP contribution in [0.25, 0.3) is 11.1 Å². The van der Waals surface area contributed by atoms with Gasteiger partial charge in [-0.1, -0.05) is 54.6 Å². The van der Waals surface area contributed by atoms with Gasteiger partial charge in [0.25, 0.3) is 5.56 Å². The molecule has 3 aromatic rings. The van der Waals surface area contributed by atoms with E-state index in [1.165, 1.54) is 16.8 Å². The molecule has 3 atom stereocenters. The molecule has 1 aromatic heterocycles. The van der Waals surface area contributed by atoms with Gasteiger partial charge in [-0.3, -0.25) is 14.3 Å². The molecule has 1 fully saturated rings. The molecule has 2 heterocycles. The van der Waals surface area contributed by atoms with Gasteiger partial charge in [-0.25, -0.2) is 4.79 Å². The number of hydrogen-bond acceptors (Lipinski definition) is 6. The molecule has 1 aliphatic heterocycles. The van der Waals surface area contributed by atoms with E-state index < -0.39 is 35.8 Å². The summed E-state index contributed by atoms with van der Waals surface area (Å²) in [5.41, 5.74) is 0.475. The zero-order valence-corrected chi connectivity index (χ0v) is 16.8. The van der Waals surface area contributed by atoms with Gasteiger partial charge >= 0.3 is 5.69 Å². The molecule has 0 amide bonds. The van der Waals surface area contributed by atoms with E-state index in [9.17, 15) is 19.8 Å². The molecule has 0 radical (unpaired) electrons. The lowest BCUT2D eigenvalue weighted by molar-refractivity contribution is -0.157. The molecule has 1 aliphatic rings. The summed E-state index contributed by atoms with van der Waals surface area (Å²) in [5, 5.41) is 19.8. The van der Waals surface area contributed by atoms with Crippen LogP contribution in [0.5, 0.6) is 0 Å². The number of aromatic nitrogens is 2. The van der Waals surface area contributed by atoms with Gasteiger partial charge in [0.15, 0.2) is 5.72 Å². The third kappa shape index (κ3) is 4.38. The van der Waals surface area contributed by atoms with Crippen molar-refractivity contribution in [3.8, 4) is 11.1 Å². The number of nitrogens with one attached hydrogen (secondary N) is 1. The maximum atomic E-state index is 12.4. The Morgan fingerprint density at radius 2 is 1.84 bits per heavy atom. The fourth-order valence-corrected chi connectivity index (χ4v) is 3.95. The van der Waals surface area contributed by atoms with Gasteiger partial charge in [-0.2, -0.15) is 0 Å². The summed E-state index contributed by atoms with van der Waals surface area (Å²) in [6.07, 6.45) is -0.498. The second-order valence-corrected chi connectivity index (χ2v) is 7.55. The quantitative estimate of drug-likeness (QED) is 0.526. The Bertz CT molecular complexity index is 1140. The van der Waals surface area contributed by atoms with Crippen molar-refractivity contribution in [3.63, 3.8) is 0 Å². The van der Waals surface area contributed by atoms with Gasteiger partial charge in [0, 0.05) is 18.7 Å². The van der Waals surface area contributed by atoms with Crippen molar-refractivity contribution >= 4 is 0 Å². The zero-order chi connectivity index (χ0) is 21.8. The van der Waals surface area contributed by atoms with E-state index in [4.69, 9.17) is 9.47 Å². The average molecular weight is 424 g/mol. The number of nitrogens with zero attached hydrogens (tertiary/aromatic N) is 1. The summed E-state index contributed by atoms with van der Waals surface area (Å²) in [5.74, 6) is 0. The topological polar surface area (TPSA) is 114 Å². The Morgan fingerprint density at radius 1 is 1.10 bits per heavy atom. The highest BCUT2D eigenvalue weighted by molar-refractivity contribution is 5.67. The van der Waals surface area contributed by atoms with E-state index in [1.54, 1.807) is 0 Å². The number of aliphatic hydroxyl groups is 2. The first kappa shape index (κ1) is 21.2. The minimum atomic E-state index is -1.35. The number of hydrogen-bond donors (Lipinski definition) is 3. The lowest BCUT2D eigenvalue weighted by atomic mass is 10.0. The van der Waals surface area contributed by atoms with Gasteiger partial charge in [0.2, 0.25) is 0 Å². The monoisotopic (exact) mass is 424 g/mol. The Hall–Kier alpha value is -3.04. The van der Waals surface area contributed by atoms with E-state index >= 15 is 0 Å². The summed E-state index contributed by atoms with van der Waals surface area (Å²) in [6.45, 7) is -0.221. The Morgan fingerprint density at radius 3 is 2.55 bits per heavy atom. The summed E-state index contributed by atoms with van der Waals surface area (Å²) >= 11 is 0. The molecule has 162 valence electrons. The Labute approximate surface area is 178 Å². The van der Waals surface area contributed by atoms with Crippen molar-refractivity contribution < 1.29 is 19.7 Å². The second kappa shape index (κ2) is 8.99. The van der Waals surface area contributed by atoms with Crippen LogP contribution in [-0.2, 0) is 21.8 Å². The van der Waals surface area contributed by atoms with E-state index in [0.717, 1.165) is 16.7 Å². The predicted molar refractivity (Wildman–Crippen MR) is 113 cm³/mol. The second-order valence-electron chi connectivity index (χ2n) is 7.55. The maximum Gasteiger partial charge on any atom is 0.330 e. The van der Waals surface area contributed by atoms with Crippen molar-refractivity contribution in [2.24, 2.45) is 0 Å². The summed E-state index contributed by atoms with van der Waals surface area (Å²) < 4.78 is 13.1. The number of aromatic amines is 1. The molecule has 0 unspecified atom stereocenters. The van der Waals surface area contributed by atoms with Gasteiger partial charge in [-0.05, 0) is 16.7 Å². The summed E-state index contributed by atoms with van der Waals surface area (Å²) in [4.78, 5) is 26.1. The number of rotatable bonds is 7. The molecule has 3 N–H and O–H groups in total. The van der Waals surface area contributed by atoms with Crippen LogP contribution in [0.15, 0.2) is 76.4 Å². The molecule has 8 heteroatoms. The fraction of sp³-hybridized carbons (Fsp3) is 0.304. The number of ether oxygens (including phenoxy) is 2. The lowest BCUT2D eigenvalue weighted by Gasteiger charge is -2.30. The maximum absolute atomic E-state index is 12.4. The minimum absolute atomic E-state index is 0.0323. The fourth-order valence-electron chi connectivity index (χ4n) is 3.95. The van der Waals surface area contributed by atoms with Crippen molar-refractivity contribution in [3.05, 3.63) is 93.3 Å². The van der Waals surface area contributed by atoms with Crippen molar-refractivity contribution in [1.29, 1.82) is 0 Å². The molecule has 2 aromatic carbocycles. The Kier molecular flexibility index (Phi) is 6.15. The van der Waals surface area contributed by atoms with Gasteiger partial charge in [0.1, 0.15) is 6.10 Å². The molecular weight excluding hydrogens is 400 g/mol. The highest BCUT2D eigenvalue weighted by atomic mass is 16.6. The van der Waals surface area contributed by atoms with E-state index in [2.05, 4.69) is 4.98 Å². The van der Waals surface area contributed by atoms with Crippen LogP contribution in [0.1, 0.15) is 12.0 Å². The third-order valence-corrected chi connectivity index (χ3v) is 5.46. The normalized spacial score (nSPS) is 23.2. The van der Waals surface area contributed by atoms with Crippen LogP contribution < -0.4 is 11.2 Å². The van der Waals surface area contributed by atoms with Crippen LogP contribution in [0.3, 0.4) is 0 Å². The molecule has 8 nitrogen and oxygen atoms in total. The SMILES string of the molecule is O=c1ccn([C@@]2(COCc3ccccc3-c3ccccc3)C[C@H](O)[C@@H](CO)O2)c(=O)[nH]1. The first-order chi connectivity index (χ1) is 15.0. The van der Waals surface area contributed by atoms with Crippen LogP contribution in [0.2, 0.25) is 0 Å². The largest absolute Gasteiger partial charge is 0.394 e. The first-order valence-corrected chi connectivity index (χ1v) is 10.0. The number of H-pyrrole nitrogens is 1. The van der Waals surface area contributed by atoms with Crippen LogP contribution >= 0.6 is 0 Å². The number of aliphatic hydroxyl groups excluding tert-OH is 2. The first-order valence-electron chi connectivity index (χ1n) is 10.0. The average Bonchev–Trinajstić information content (AvgIpc) is 3.11. The molecule has 0 aliphatic carbocycles. The minimum Gasteiger partial charge on any atom is -0.394 e. The molecule has 0 saturated carbocycles. The Balaban J connectivity index is 1.59.